The lowest BCUT2D eigenvalue weighted by Gasteiger charge is -2.22. The van der Waals surface area contributed by atoms with E-state index in [-0.39, 0.29) is 18.7 Å². The zero-order valence-corrected chi connectivity index (χ0v) is 14.6. The first-order valence-corrected chi connectivity index (χ1v) is 7.61. The Kier molecular flexibility index (Phi) is 6.39. The molecule has 0 fully saturated rings. The number of aliphatic carboxylic acids is 1. The molecule has 0 saturated carbocycles. The van der Waals surface area contributed by atoms with Crippen LogP contribution in [0.4, 0.5) is 4.79 Å². The number of carboxylic acid groups (broad SMARTS) is 1. The molecule has 0 radical (unpaired) electrons. The van der Waals surface area contributed by atoms with Gasteiger partial charge < -0.3 is 24.9 Å². The first kappa shape index (κ1) is 19.5. The van der Waals surface area contributed by atoms with Crippen LogP contribution in [-0.4, -0.2) is 46.4 Å². The Morgan fingerprint density at radius 1 is 1.33 bits per heavy atom. The summed E-state index contributed by atoms with van der Waals surface area (Å²) >= 11 is 0. The first-order chi connectivity index (χ1) is 11.0. The summed E-state index contributed by atoms with van der Waals surface area (Å²) < 4.78 is 9.96. The molecular weight excluding hydrogens is 316 g/mol. The van der Waals surface area contributed by atoms with Gasteiger partial charge in [-0.25, -0.2) is 14.4 Å². The molecule has 1 unspecified atom stereocenters. The second kappa shape index (κ2) is 7.85. The monoisotopic (exact) mass is 340 g/mol. The lowest BCUT2D eigenvalue weighted by Crippen LogP contribution is -2.44. The third kappa shape index (κ3) is 5.94. The Bertz CT molecular complexity index is 615. The third-order valence-electron chi connectivity index (χ3n) is 3.03. The molecule has 1 rings (SSSR count). The number of esters is 1. The maximum absolute atomic E-state index is 11.8. The highest BCUT2D eigenvalue weighted by Gasteiger charge is 2.25. The van der Waals surface area contributed by atoms with Crippen molar-refractivity contribution in [2.75, 3.05) is 6.61 Å². The largest absolute Gasteiger partial charge is 0.480 e. The van der Waals surface area contributed by atoms with Gasteiger partial charge in [-0.3, -0.25) is 0 Å². The molecule has 134 valence electrons. The highest BCUT2D eigenvalue weighted by Crippen LogP contribution is 2.14. The number of alkyl carbamates (subject to hydrolysis) is 1. The summed E-state index contributed by atoms with van der Waals surface area (Å²) in [7, 11) is 0. The summed E-state index contributed by atoms with van der Waals surface area (Å²) in [6, 6.07) is 0.351. The quantitative estimate of drug-likeness (QED) is 0.682. The maximum Gasteiger partial charge on any atom is 0.408 e. The molecule has 0 aliphatic carbocycles. The van der Waals surface area contributed by atoms with E-state index in [1.54, 1.807) is 34.6 Å². The zero-order valence-electron chi connectivity index (χ0n) is 14.6. The Morgan fingerprint density at radius 3 is 2.46 bits per heavy atom. The normalized spacial score (nSPS) is 12.4. The molecule has 1 amide bonds. The standard InChI is InChI=1S/C16H24N2O6/c1-6-23-14(21)12-8-10(9(2)17-12)7-11(13(19)20)18-15(22)24-16(3,4)5/h8,11,17H,6-7H2,1-5H3,(H,18,22)(H,19,20). The predicted octanol–water partition coefficient (Wildman–Crippen LogP) is 2.02. The average Bonchev–Trinajstić information content (AvgIpc) is 2.77. The summed E-state index contributed by atoms with van der Waals surface area (Å²) in [5.41, 5.74) is 0.747. The fraction of sp³-hybridized carbons (Fsp3) is 0.562. The Labute approximate surface area is 140 Å². The summed E-state index contributed by atoms with van der Waals surface area (Å²) in [5, 5.41) is 11.6. The van der Waals surface area contributed by atoms with E-state index in [1.165, 1.54) is 6.07 Å². The van der Waals surface area contributed by atoms with Crippen LogP contribution in [0.2, 0.25) is 0 Å². The topological polar surface area (TPSA) is 118 Å². The second-order valence-electron chi connectivity index (χ2n) is 6.29. The second-order valence-corrected chi connectivity index (χ2v) is 6.29. The number of ether oxygens (including phenoxy) is 2. The number of aromatic nitrogens is 1. The number of amides is 1. The molecule has 8 heteroatoms. The van der Waals surface area contributed by atoms with Crippen molar-refractivity contribution in [2.45, 2.75) is 52.7 Å². The molecule has 8 nitrogen and oxygen atoms in total. The minimum absolute atomic E-state index is 0.0102. The average molecular weight is 340 g/mol. The number of nitrogens with one attached hydrogen (secondary N) is 2. The van der Waals surface area contributed by atoms with Crippen molar-refractivity contribution in [1.82, 2.24) is 10.3 Å². The minimum atomic E-state index is -1.20. The first-order valence-electron chi connectivity index (χ1n) is 7.61. The number of carbonyl (C=O) groups is 3. The number of hydrogen-bond acceptors (Lipinski definition) is 5. The van der Waals surface area contributed by atoms with Gasteiger partial charge in [0.05, 0.1) is 6.61 Å². The molecule has 3 N–H and O–H groups in total. The van der Waals surface area contributed by atoms with Gasteiger partial charge in [0.1, 0.15) is 17.3 Å². The van der Waals surface area contributed by atoms with Crippen molar-refractivity contribution >= 4 is 18.0 Å². The van der Waals surface area contributed by atoms with Crippen LogP contribution in [0.15, 0.2) is 6.07 Å². The van der Waals surface area contributed by atoms with Gasteiger partial charge in [-0.2, -0.15) is 0 Å². The van der Waals surface area contributed by atoms with Crippen LogP contribution in [0, 0.1) is 6.92 Å². The van der Waals surface area contributed by atoms with E-state index in [2.05, 4.69) is 10.3 Å². The number of rotatable bonds is 6. The van der Waals surface area contributed by atoms with Gasteiger partial charge in [-0.05, 0) is 46.2 Å². The molecule has 0 bridgehead atoms. The van der Waals surface area contributed by atoms with Crippen molar-refractivity contribution in [3.8, 4) is 0 Å². The molecule has 0 spiro atoms. The van der Waals surface area contributed by atoms with Crippen molar-refractivity contribution in [3.63, 3.8) is 0 Å². The van der Waals surface area contributed by atoms with E-state index in [0.717, 1.165) is 0 Å². The predicted molar refractivity (Wildman–Crippen MR) is 86.0 cm³/mol. The summed E-state index contributed by atoms with van der Waals surface area (Å²) in [4.78, 5) is 37.7. The van der Waals surface area contributed by atoms with Gasteiger partial charge in [0, 0.05) is 12.1 Å². The highest BCUT2D eigenvalue weighted by molar-refractivity contribution is 5.88. The van der Waals surface area contributed by atoms with E-state index in [0.29, 0.717) is 11.3 Å². The van der Waals surface area contributed by atoms with Crippen molar-refractivity contribution in [2.24, 2.45) is 0 Å². The Hall–Kier alpha value is -2.51. The summed E-state index contributed by atoms with van der Waals surface area (Å²) in [6.45, 7) is 8.70. The van der Waals surface area contributed by atoms with E-state index in [9.17, 15) is 19.5 Å². The molecule has 24 heavy (non-hydrogen) atoms. The zero-order chi connectivity index (χ0) is 18.5. The van der Waals surface area contributed by atoms with Crippen LogP contribution >= 0.6 is 0 Å². The van der Waals surface area contributed by atoms with Crippen molar-refractivity contribution in [3.05, 3.63) is 23.0 Å². The highest BCUT2D eigenvalue weighted by atomic mass is 16.6. The van der Waals surface area contributed by atoms with Gasteiger partial charge in [0.2, 0.25) is 0 Å². The fourth-order valence-electron chi connectivity index (χ4n) is 2.00. The Balaban J connectivity index is 2.84. The molecule has 0 saturated heterocycles. The number of H-pyrrole nitrogens is 1. The van der Waals surface area contributed by atoms with Crippen LogP contribution in [0.5, 0.6) is 0 Å². The van der Waals surface area contributed by atoms with Gasteiger partial charge in [-0.1, -0.05) is 0 Å². The van der Waals surface area contributed by atoms with Gasteiger partial charge in [-0.15, -0.1) is 0 Å². The van der Waals surface area contributed by atoms with E-state index in [1.807, 2.05) is 0 Å². The number of hydrogen-bond donors (Lipinski definition) is 3. The number of carboxylic acids is 1. The van der Waals surface area contributed by atoms with Gasteiger partial charge >= 0.3 is 18.0 Å². The minimum Gasteiger partial charge on any atom is -0.480 e. The maximum atomic E-state index is 11.8. The molecule has 1 aromatic heterocycles. The fourth-order valence-corrected chi connectivity index (χ4v) is 2.00. The lowest BCUT2D eigenvalue weighted by atomic mass is 10.1. The van der Waals surface area contributed by atoms with Crippen LogP contribution in [-0.2, 0) is 20.7 Å². The van der Waals surface area contributed by atoms with E-state index >= 15 is 0 Å². The lowest BCUT2D eigenvalue weighted by molar-refractivity contribution is -0.139. The van der Waals surface area contributed by atoms with Crippen molar-refractivity contribution in [1.29, 1.82) is 0 Å². The number of aryl methyl sites for hydroxylation is 1. The van der Waals surface area contributed by atoms with E-state index < -0.39 is 29.7 Å². The number of carbonyl (C=O) groups excluding carboxylic acids is 2. The van der Waals surface area contributed by atoms with Crippen LogP contribution < -0.4 is 5.32 Å². The van der Waals surface area contributed by atoms with Crippen LogP contribution in [0.3, 0.4) is 0 Å². The number of aromatic amines is 1. The smallest absolute Gasteiger partial charge is 0.408 e. The third-order valence-corrected chi connectivity index (χ3v) is 3.03. The summed E-state index contributed by atoms with van der Waals surface area (Å²) in [5.74, 6) is -1.71. The van der Waals surface area contributed by atoms with Crippen LogP contribution in [0.1, 0.15) is 49.4 Å². The Morgan fingerprint density at radius 2 is 1.96 bits per heavy atom. The van der Waals surface area contributed by atoms with Gasteiger partial charge in [0.15, 0.2) is 0 Å². The van der Waals surface area contributed by atoms with Crippen LogP contribution in [0.25, 0.3) is 0 Å². The molecule has 1 aromatic rings. The molecule has 0 aliphatic rings. The molecule has 1 heterocycles. The van der Waals surface area contributed by atoms with Crippen molar-refractivity contribution < 1.29 is 29.0 Å². The summed E-state index contributed by atoms with van der Waals surface area (Å²) in [6.07, 6.45) is -0.801. The van der Waals surface area contributed by atoms with E-state index in [4.69, 9.17) is 9.47 Å². The SMILES string of the molecule is CCOC(=O)c1cc(CC(NC(=O)OC(C)(C)C)C(=O)O)c(C)[nH]1. The van der Waals surface area contributed by atoms with Gasteiger partial charge in [0.25, 0.3) is 0 Å². The molecule has 1 atom stereocenters. The molecule has 0 aromatic carbocycles. The molecular formula is C16H24N2O6. The molecule has 0 aliphatic heterocycles.